The number of hydrogen-bond acceptors (Lipinski definition) is 2. The fraction of sp³-hybridized carbons (Fsp3) is 0.280. The highest BCUT2D eigenvalue weighted by molar-refractivity contribution is 5.94. The molecule has 0 fully saturated rings. The lowest BCUT2D eigenvalue weighted by molar-refractivity contribution is 0.0954. The number of nitrogens with one attached hydrogen (secondary N) is 2. The van der Waals surface area contributed by atoms with Crippen LogP contribution in [0, 0.1) is 13.8 Å². The Hall–Kier alpha value is -3.34. The number of benzene rings is 2. The summed E-state index contributed by atoms with van der Waals surface area (Å²) >= 11 is 0. The van der Waals surface area contributed by atoms with E-state index in [1.54, 1.807) is 0 Å². The first kappa shape index (κ1) is 20.0. The summed E-state index contributed by atoms with van der Waals surface area (Å²) in [5.74, 6) is -0.0423. The average molecular weight is 401 g/mol. The number of aromatic amines is 1. The van der Waals surface area contributed by atoms with Gasteiger partial charge in [-0.25, -0.2) is 0 Å². The van der Waals surface area contributed by atoms with Crippen LogP contribution in [0.2, 0.25) is 0 Å². The van der Waals surface area contributed by atoms with Gasteiger partial charge in [-0.05, 0) is 61.6 Å². The first-order valence-corrected chi connectivity index (χ1v) is 10.5. The third kappa shape index (κ3) is 4.15. The predicted molar refractivity (Wildman–Crippen MR) is 121 cm³/mol. The van der Waals surface area contributed by atoms with Gasteiger partial charge in [0.2, 0.25) is 0 Å². The van der Waals surface area contributed by atoms with E-state index in [1.807, 2.05) is 42.8 Å². The van der Waals surface area contributed by atoms with E-state index < -0.39 is 0 Å². The van der Waals surface area contributed by atoms with Gasteiger partial charge in [-0.2, -0.15) is 5.10 Å². The minimum Gasteiger partial charge on any atom is -0.361 e. The fourth-order valence-corrected chi connectivity index (χ4v) is 4.01. The molecule has 0 bridgehead atoms. The number of fused-ring (bicyclic) bond motifs is 1. The molecule has 5 heteroatoms. The van der Waals surface area contributed by atoms with Gasteiger partial charge in [-0.1, -0.05) is 37.3 Å². The maximum atomic E-state index is 12.7. The Labute approximate surface area is 177 Å². The molecule has 2 aromatic carbocycles. The summed E-state index contributed by atoms with van der Waals surface area (Å²) in [6.45, 7) is 7.47. The lowest BCUT2D eigenvalue weighted by Gasteiger charge is -2.08. The van der Waals surface area contributed by atoms with Crippen molar-refractivity contribution in [1.82, 2.24) is 20.1 Å². The fourth-order valence-electron chi connectivity index (χ4n) is 4.01. The van der Waals surface area contributed by atoms with Crippen molar-refractivity contribution in [3.8, 4) is 0 Å². The summed E-state index contributed by atoms with van der Waals surface area (Å²) in [5, 5.41) is 8.82. The second-order valence-electron chi connectivity index (χ2n) is 7.80. The number of para-hydroxylation sites is 1. The largest absolute Gasteiger partial charge is 0.361 e. The molecule has 2 heterocycles. The summed E-state index contributed by atoms with van der Waals surface area (Å²) in [6.07, 6.45) is 3.86. The highest BCUT2D eigenvalue weighted by Gasteiger charge is 2.10. The van der Waals surface area contributed by atoms with Crippen LogP contribution in [0.25, 0.3) is 10.9 Å². The first-order chi connectivity index (χ1) is 14.5. The molecule has 154 valence electrons. The number of nitrogens with zero attached hydrogens (tertiary/aromatic N) is 2. The van der Waals surface area contributed by atoms with E-state index in [2.05, 4.69) is 52.8 Å². The quantitative estimate of drug-likeness (QED) is 0.477. The molecular formula is C25H28N4O. The van der Waals surface area contributed by atoms with Crippen LogP contribution in [0.1, 0.15) is 45.4 Å². The molecule has 0 atom stereocenters. The van der Waals surface area contributed by atoms with Gasteiger partial charge in [0.25, 0.3) is 5.91 Å². The molecule has 30 heavy (non-hydrogen) atoms. The van der Waals surface area contributed by atoms with Crippen LogP contribution in [0.15, 0.2) is 54.7 Å². The lowest BCUT2D eigenvalue weighted by Crippen LogP contribution is -2.25. The second kappa shape index (κ2) is 8.57. The zero-order chi connectivity index (χ0) is 21.1. The standard InChI is InChI=1S/C25H28N4O/c1-4-20-8-6-10-23-22(15-27-24(20)23)11-12-26-25(30)21-9-5-7-19(14-21)16-29-18(3)13-17(2)28-29/h5-10,13-15,27H,4,11-12,16H2,1-3H3,(H,26,30). The summed E-state index contributed by atoms with van der Waals surface area (Å²) in [4.78, 5) is 16.1. The zero-order valence-corrected chi connectivity index (χ0v) is 17.8. The number of H-pyrrole nitrogens is 1. The van der Waals surface area contributed by atoms with E-state index in [4.69, 9.17) is 0 Å². The van der Waals surface area contributed by atoms with Gasteiger partial charge >= 0.3 is 0 Å². The minimum atomic E-state index is -0.0423. The summed E-state index contributed by atoms with van der Waals surface area (Å²) in [7, 11) is 0. The zero-order valence-electron chi connectivity index (χ0n) is 17.8. The number of carbonyl (C=O) groups is 1. The Morgan fingerprint density at radius 3 is 2.70 bits per heavy atom. The smallest absolute Gasteiger partial charge is 0.251 e. The van der Waals surface area contributed by atoms with Gasteiger partial charge in [0.1, 0.15) is 0 Å². The Balaban J connectivity index is 1.39. The Bertz CT molecular complexity index is 1190. The maximum Gasteiger partial charge on any atom is 0.251 e. The molecule has 4 aromatic rings. The van der Waals surface area contributed by atoms with E-state index >= 15 is 0 Å². The SMILES string of the molecule is CCc1cccc2c(CCNC(=O)c3cccc(Cn4nc(C)cc4C)c3)c[nH]c12. The molecule has 0 radical (unpaired) electrons. The lowest BCUT2D eigenvalue weighted by atomic mass is 10.1. The van der Waals surface area contributed by atoms with Crippen molar-refractivity contribution in [2.45, 2.75) is 40.2 Å². The van der Waals surface area contributed by atoms with Crippen molar-refractivity contribution < 1.29 is 4.79 Å². The van der Waals surface area contributed by atoms with Crippen LogP contribution in [0.4, 0.5) is 0 Å². The number of amides is 1. The normalized spacial score (nSPS) is 11.2. The molecule has 5 nitrogen and oxygen atoms in total. The molecule has 4 rings (SSSR count). The molecule has 0 aliphatic carbocycles. The van der Waals surface area contributed by atoms with Crippen molar-refractivity contribution in [1.29, 1.82) is 0 Å². The number of aryl methyl sites for hydroxylation is 3. The van der Waals surface area contributed by atoms with Gasteiger partial charge in [0.15, 0.2) is 0 Å². The molecule has 0 aliphatic heterocycles. The molecular weight excluding hydrogens is 372 g/mol. The number of aromatic nitrogens is 3. The number of carbonyl (C=O) groups excluding carboxylic acids is 1. The summed E-state index contributed by atoms with van der Waals surface area (Å²) in [5.41, 5.74) is 7.63. The highest BCUT2D eigenvalue weighted by atomic mass is 16.1. The molecule has 0 aliphatic rings. The van der Waals surface area contributed by atoms with E-state index in [9.17, 15) is 4.79 Å². The van der Waals surface area contributed by atoms with E-state index in [-0.39, 0.29) is 5.91 Å². The predicted octanol–water partition coefficient (Wildman–Crippen LogP) is 4.56. The minimum absolute atomic E-state index is 0.0423. The molecule has 2 aromatic heterocycles. The Morgan fingerprint density at radius 2 is 1.93 bits per heavy atom. The van der Waals surface area contributed by atoms with Crippen molar-refractivity contribution in [2.24, 2.45) is 0 Å². The van der Waals surface area contributed by atoms with Crippen LogP contribution in [0.5, 0.6) is 0 Å². The van der Waals surface area contributed by atoms with Gasteiger partial charge in [-0.15, -0.1) is 0 Å². The van der Waals surface area contributed by atoms with Gasteiger partial charge in [0, 0.05) is 34.9 Å². The van der Waals surface area contributed by atoms with Gasteiger partial charge in [-0.3, -0.25) is 9.48 Å². The third-order valence-corrected chi connectivity index (χ3v) is 5.57. The molecule has 0 spiro atoms. The topological polar surface area (TPSA) is 62.7 Å². The Kier molecular flexibility index (Phi) is 5.70. The highest BCUT2D eigenvalue weighted by Crippen LogP contribution is 2.22. The molecule has 0 unspecified atom stereocenters. The average Bonchev–Trinajstić information content (AvgIpc) is 3.30. The van der Waals surface area contributed by atoms with Crippen LogP contribution in [-0.2, 0) is 19.4 Å². The maximum absolute atomic E-state index is 12.7. The third-order valence-electron chi connectivity index (χ3n) is 5.57. The monoisotopic (exact) mass is 400 g/mol. The van der Waals surface area contributed by atoms with Crippen molar-refractivity contribution >= 4 is 16.8 Å². The van der Waals surface area contributed by atoms with Gasteiger partial charge in [0.05, 0.1) is 12.2 Å². The van der Waals surface area contributed by atoms with Crippen LogP contribution in [-0.4, -0.2) is 27.2 Å². The number of rotatable bonds is 7. The summed E-state index contributed by atoms with van der Waals surface area (Å²) < 4.78 is 1.97. The molecule has 2 N–H and O–H groups in total. The van der Waals surface area contributed by atoms with Crippen molar-refractivity contribution in [3.05, 3.63) is 88.4 Å². The van der Waals surface area contributed by atoms with Gasteiger partial charge < -0.3 is 10.3 Å². The Morgan fingerprint density at radius 1 is 1.10 bits per heavy atom. The van der Waals surface area contributed by atoms with Crippen molar-refractivity contribution in [2.75, 3.05) is 6.54 Å². The van der Waals surface area contributed by atoms with Crippen LogP contribution < -0.4 is 5.32 Å². The molecule has 0 saturated carbocycles. The van der Waals surface area contributed by atoms with E-state index in [1.165, 1.54) is 22.0 Å². The number of hydrogen-bond donors (Lipinski definition) is 2. The first-order valence-electron chi connectivity index (χ1n) is 10.5. The van der Waals surface area contributed by atoms with Crippen LogP contribution in [0.3, 0.4) is 0 Å². The van der Waals surface area contributed by atoms with E-state index in [0.29, 0.717) is 18.7 Å². The van der Waals surface area contributed by atoms with E-state index in [0.717, 1.165) is 29.8 Å². The molecule has 1 amide bonds. The second-order valence-corrected chi connectivity index (χ2v) is 7.80. The van der Waals surface area contributed by atoms with Crippen molar-refractivity contribution in [3.63, 3.8) is 0 Å². The van der Waals surface area contributed by atoms with Crippen LogP contribution >= 0.6 is 0 Å². The summed E-state index contributed by atoms with van der Waals surface area (Å²) in [6, 6.07) is 16.2. The molecule has 0 saturated heterocycles.